The van der Waals surface area contributed by atoms with Crippen LogP contribution in [-0.4, -0.2) is 67.6 Å². The Hall–Kier alpha value is -3.42. The molecule has 3 aromatic rings. The van der Waals surface area contributed by atoms with Gasteiger partial charge in [0, 0.05) is 49.9 Å². The number of anilines is 2. The fourth-order valence-electron chi connectivity index (χ4n) is 5.63. The van der Waals surface area contributed by atoms with Gasteiger partial charge in [-0.3, -0.25) is 4.79 Å². The van der Waals surface area contributed by atoms with E-state index in [4.69, 9.17) is 14.7 Å². The third-order valence-electron chi connectivity index (χ3n) is 7.90. The third-order valence-corrected chi connectivity index (χ3v) is 10.1. The van der Waals surface area contributed by atoms with Crippen molar-refractivity contribution in [1.29, 1.82) is 0 Å². The zero-order chi connectivity index (χ0) is 33.8. The average Bonchev–Trinajstić information content (AvgIpc) is 3.36. The van der Waals surface area contributed by atoms with Crippen molar-refractivity contribution < 1.29 is 26.9 Å². The highest BCUT2D eigenvalue weighted by molar-refractivity contribution is 7.87. The van der Waals surface area contributed by atoms with Crippen LogP contribution >= 0.6 is 11.3 Å². The molecule has 252 valence electrons. The number of ether oxygens (including phenoxy) is 1. The number of hydrogen-bond acceptors (Lipinski definition) is 10. The molecule has 3 N–H and O–H groups in total. The minimum atomic E-state index is -4.10. The monoisotopic (exact) mass is 673 g/mol. The van der Waals surface area contributed by atoms with E-state index in [2.05, 4.69) is 42.9 Å². The van der Waals surface area contributed by atoms with E-state index in [1.54, 1.807) is 47.4 Å². The van der Waals surface area contributed by atoms with E-state index in [1.165, 1.54) is 11.3 Å². The average molecular weight is 674 g/mol. The number of aromatic nitrogens is 1. The molecule has 1 aliphatic rings. The quantitative estimate of drug-likeness (QED) is 0.226. The summed E-state index contributed by atoms with van der Waals surface area (Å²) in [6.07, 6.45) is 1.43. The van der Waals surface area contributed by atoms with Crippen LogP contribution in [0.1, 0.15) is 67.7 Å². The second kappa shape index (κ2) is 14.6. The summed E-state index contributed by atoms with van der Waals surface area (Å²) in [6, 6.07) is 11.8. The minimum absolute atomic E-state index is 0.0445. The van der Waals surface area contributed by atoms with Gasteiger partial charge in [0.05, 0.1) is 10.2 Å². The highest BCUT2D eigenvalue weighted by atomic mass is 32.2. The molecule has 1 saturated heterocycles. The van der Waals surface area contributed by atoms with Crippen LogP contribution in [0.25, 0.3) is 10.2 Å². The lowest BCUT2D eigenvalue weighted by Gasteiger charge is -2.39. The molecule has 0 spiro atoms. The number of piperidine rings is 1. The lowest BCUT2D eigenvalue weighted by molar-refractivity contribution is -0.117. The van der Waals surface area contributed by atoms with Crippen molar-refractivity contribution >= 4 is 54.5 Å². The molecule has 46 heavy (non-hydrogen) atoms. The Bertz CT molecular complexity index is 1610. The number of rotatable bonds is 11. The number of carbonyl (C=O) groups is 2. The van der Waals surface area contributed by atoms with Crippen molar-refractivity contribution in [3.63, 3.8) is 0 Å². The molecule has 0 radical (unpaired) electrons. The summed E-state index contributed by atoms with van der Waals surface area (Å²) in [5, 5.41) is 3.30. The lowest BCUT2D eigenvalue weighted by atomic mass is 9.93. The third kappa shape index (κ3) is 9.10. The fraction of sp³-hybridized carbons (Fsp3) is 0.545. The molecule has 1 fully saturated rings. The maximum Gasteiger partial charge on any atom is 0.410 e. The van der Waals surface area contributed by atoms with E-state index in [-0.39, 0.29) is 40.6 Å². The molecule has 0 saturated carbocycles. The highest BCUT2D eigenvalue weighted by Crippen LogP contribution is 2.32. The topological polar surface area (TPSA) is 144 Å². The van der Waals surface area contributed by atoms with Gasteiger partial charge in [-0.05, 0) is 95.7 Å². The Labute approximate surface area is 276 Å². The summed E-state index contributed by atoms with van der Waals surface area (Å²) in [5.74, 6) is 0.476. The lowest BCUT2D eigenvalue weighted by Crippen LogP contribution is -2.48. The van der Waals surface area contributed by atoms with Crippen molar-refractivity contribution in [3.8, 4) is 5.75 Å². The molecule has 1 atom stereocenters. The number of amides is 2. The first-order valence-corrected chi connectivity index (χ1v) is 18.0. The normalized spacial score (nSPS) is 15.3. The summed E-state index contributed by atoms with van der Waals surface area (Å²) in [7, 11) is -4.10. The number of benzene rings is 2. The zero-order valence-electron chi connectivity index (χ0n) is 27.8. The van der Waals surface area contributed by atoms with E-state index in [0.717, 1.165) is 5.69 Å². The smallest absolute Gasteiger partial charge is 0.410 e. The van der Waals surface area contributed by atoms with Crippen molar-refractivity contribution in [3.05, 3.63) is 42.5 Å². The molecule has 13 heteroatoms. The maximum absolute atomic E-state index is 13.2. The van der Waals surface area contributed by atoms with Crippen LogP contribution in [0.3, 0.4) is 0 Å². The Morgan fingerprint density at radius 3 is 2.30 bits per heavy atom. The van der Waals surface area contributed by atoms with Gasteiger partial charge in [-0.1, -0.05) is 25.2 Å². The molecule has 1 aliphatic heterocycles. The molecule has 1 aromatic heterocycles. The van der Waals surface area contributed by atoms with Crippen LogP contribution in [0.5, 0.6) is 5.75 Å². The van der Waals surface area contributed by atoms with Crippen LogP contribution < -0.4 is 20.1 Å². The summed E-state index contributed by atoms with van der Waals surface area (Å²) in [6.45, 7) is 15.5. The second-order valence-electron chi connectivity index (χ2n) is 13.4. The van der Waals surface area contributed by atoms with Crippen molar-refractivity contribution in [2.75, 3.05) is 29.9 Å². The molecule has 2 amide bonds. The molecular formula is C33H47N5O6S2. The van der Waals surface area contributed by atoms with Crippen LogP contribution in [0.2, 0.25) is 0 Å². The van der Waals surface area contributed by atoms with Crippen LogP contribution in [0, 0.1) is 11.8 Å². The SMILES string of the molecule is CC(C)C(CN)N(c1ccc(S(=O)(=O)Oc2ccc3nc(NC(=O)CC4CCN(C(=O)OC(C)(C)C)CC4)sc3c2)cc1)C(C)C. The van der Waals surface area contributed by atoms with Crippen molar-refractivity contribution in [2.24, 2.45) is 17.6 Å². The minimum Gasteiger partial charge on any atom is -0.444 e. The Kier molecular flexibility index (Phi) is 11.2. The first-order valence-electron chi connectivity index (χ1n) is 15.8. The molecule has 11 nitrogen and oxygen atoms in total. The Morgan fingerprint density at radius 2 is 1.74 bits per heavy atom. The number of nitrogens with one attached hydrogen (secondary N) is 1. The van der Waals surface area contributed by atoms with Gasteiger partial charge in [0.1, 0.15) is 16.2 Å². The number of nitrogens with two attached hydrogens (primary N) is 1. The molecule has 0 bridgehead atoms. The van der Waals surface area contributed by atoms with Crippen LogP contribution in [0.15, 0.2) is 47.4 Å². The van der Waals surface area contributed by atoms with Gasteiger partial charge in [-0.15, -0.1) is 0 Å². The summed E-state index contributed by atoms with van der Waals surface area (Å²) < 4.78 is 37.9. The van der Waals surface area contributed by atoms with Gasteiger partial charge in [-0.2, -0.15) is 8.42 Å². The number of hydrogen-bond donors (Lipinski definition) is 2. The number of carbonyl (C=O) groups excluding carboxylic acids is 2. The Morgan fingerprint density at radius 1 is 1.09 bits per heavy atom. The first kappa shape index (κ1) is 35.4. The molecular weight excluding hydrogens is 627 g/mol. The maximum atomic E-state index is 13.2. The molecule has 1 unspecified atom stereocenters. The van der Waals surface area contributed by atoms with Crippen LogP contribution in [-0.2, 0) is 19.6 Å². The molecule has 4 rings (SSSR count). The second-order valence-corrected chi connectivity index (χ2v) is 16.0. The summed E-state index contributed by atoms with van der Waals surface area (Å²) >= 11 is 1.24. The highest BCUT2D eigenvalue weighted by Gasteiger charge is 2.28. The predicted octanol–water partition coefficient (Wildman–Crippen LogP) is 6.24. The fourth-order valence-corrected chi connectivity index (χ4v) is 7.46. The van der Waals surface area contributed by atoms with Gasteiger partial charge < -0.3 is 29.8 Å². The van der Waals surface area contributed by atoms with Crippen molar-refractivity contribution in [1.82, 2.24) is 9.88 Å². The number of thiazole rings is 1. The van der Waals surface area contributed by atoms with Gasteiger partial charge in [0.2, 0.25) is 5.91 Å². The van der Waals surface area contributed by atoms with E-state index >= 15 is 0 Å². The molecule has 0 aliphatic carbocycles. The summed E-state index contributed by atoms with van der Waals surface area (Å²) in [4.78, 5) is 33.5. The largest absolute Gasteiger partial charge is 0.444 e. The van der Waals surface area contributed by atoms with E-state index in [9.17, 15) is 18.0 Å². The standard InChI is InChI=1S/C33H47N5O6S2/c1-21(2)28(20-34)38(22(3)4)24-8-11-26(12-9-24)46(41,42)44-25-10-13-27-29(19-25)45-31(35-27)36-30(39)18-23-14-16-37(17-15-23)32(40)43-33(5,6)7/h8-13,19,21-23,28H,14-18,20,34H2,1-7H3,(H,35,36,39). The Balaban J connectivity index is 1.36. The zero-order valence-corrected chi connectivity index (χ0v) is 29.4. The van der Waals surface area contributed by atoms with Gasteiger partial charge in [-0.25, -0.2) is 9.78 Å². The van der Waals surface area contributed by atoms with Crippen molar-refractivity contribution in [2.45, 2.75) is 90.3 Å². The van der Waals surface area contributed by atoms with E-state index in [1.807, 2.05) is 20.8 Å². The number of likely N-dealkylation sites (tertiary alicyclic amines) is 1. The predicted molar refractivity (Wildman–Crippen MR) is 183 cm³/mol. The van der Waals surface area contributed by atoms with E-state index in [0.29, 0.717) is 60.2 Å². The number of fused-ring (bicyclic) bond motifs is 1. The first-order chi connectivity index (χ1) is 21.6. The van der Waals surface area contributed by atoms with Gasteiger partial charge in [0.25, 0.3) is 0 Å². The number of nitrogens with zero attached hydrogens (tertiary/aromatic N) is 3. The van der Waals surface area contributed by atoms with E-state index < -0.39 is 15.7 Å². The van der Waals surface area contributed by atoms with Gasteiger partial charge >= 0.3 is 16.2 Å². The molecule has 2 heterocycles. The molecule has 2 aromatic carbocycles. The van der Waals surface area contributed by atoms with Gasteiger partial charge in [0.15, 0.2) is 5.13 Å². The summed E-state index contributed by atoms with van der Waals surface area (Å²) in [5.41, 5.74) is 7.04. The van der Waals surface area contributed by atoms with Crippen LogP contribution in [0.4, 0.5) is 15.6 Å².